The molecule has 4 rings (SSSR count). The van der Waals surface area contributed by atoms with Gasteiger partial charge >= 0.3 is 0 Å². The predicted octanol–water partition coefficient (Wildman–Crippen LogP) is 1.61. The summed E-state index contributed by atoms with van der Waals surface area (Å²) in [6, 6.07) is 11.8. The average Bonchev–Trinajstić information content (AvgIpc) is 3.15. The van der Waals surface area contributed by atoms with Gasteiger partial charge in [-0.1, -0.05) is 36.4 Å². The molecule has 1 unspecified atom stereocenters. The Labute approximate surface area is 181 Å². The minimum atomic E-state index is -0.709. The molecule has 0 aliphatic carbocycles. The number of nitrogens with zero attached hydrogens (tertiary/aromatic N) is 1. The zero-order valence-electron chi connectivity index (χ0n) is 17.8. The summed E-state index contributed by atoms with van der Waals surface area (Å²) in [6.07, 6.45) is 1.04. The highest BCUT2D eigenvalue weighted by atomic mass is 16.5. The topological polar surface area (TPSA) is 99.8 Å². The number of amides is 3. The quantitative estimate of drug-likeness (QED) is 0.677. The summed E-state index contributed by atoms with van der Waals surface area (Å²) >= 11 is 0. The van der Waals surface area contributed by atoms with Crippen molar-refractivity contribution < 1.29 is 19.1 Å². The fourth-order valence-corrected chi connectivity index (χ4v) is 4.23. The predicted molar refractivity (Wildman–Crippen MR) is 117 cm³/mol. The number of benzene rings is 2. The third kappa shape index (κ3) is 4.26. The first-order valence-corrected chi connectivity index (χ1v) is 10.7. The highest BCUT2D eigenvalue weighted by Gasteiger charge is 2.45. The molecule has 2 heterocycles. The number of hydrogen-bond acceptors (Lipinski definition) is 5. The fourth-order valence-electron chi connectivity index (χ4n) is 4.23. The van der Waals surface area contributed by atoms with Crippen molar-refractivity contribution in [1.29, 1.82) is 0 Å². The largest absolute Gasteiger partial charge is 0.358 e. The Morgan fingerprint density at radius 1 is 1.10 bits per heavy atom. The van der Waals surface area contributed by atoms with E-state index in [1.54, 1.807) is 14.0 Å². The third-order valence-electron chi connectivity index (χ3n) is 6.10. The monoisotopic (exact) mass is 424 g/mol. The summed E-state index contributed by atoms with van der Waals surface area (Å²) in [4.78, 5) is 40.3. The first-order chi connectivity index (χ1) is 15.0. The van der Waals surface area contributed by atoms with E-state index < -0.39 is 24.4 Å². The van der Waals surface area contributed by atoms with Crippen LogP contribution in [0.15, 0.2) is 42.5 Å². The van der Waals surface area contributed by atoms with Crippen molar-refractivity contribution in [2.24, 2.45) is 0 Å². The van der Waals surface area contributed by atoms with E-state index in [0.717, 1.165) is 10.8 Å². The Morgan fingerprint density at radius 3 is 2.68 bits per heavy atom. The van der Waals surface area contributed by atoms with Crippen molar-refractivity contribution in [3.63, 3.8) is 0 Å². The van der Waals surface area contributed by atoms with Crippen LogP contribution >= 0.6 is 0 Å². The number of likely N-dealkylation sites (N-methyl/N-ethyl adjacent to an activating group) is 1. The number of rotatable bonds is 5. The Hall–Kier alpha value is -2.97. The van der Waals surface area contributed by atoms with Gasteiger partial charge in [0.1, 0.15) is 18.3 Å². The number of nitrogens with one attached hydrogen (secondary N) is 3. The van der Waals surface area contributed by atoms with Crippen molar-refractivity contribution in [3.05, 3.63) is 42.5 Å². The van der Waals surface area contributed by atoms with Crippen molar-refractivity contribution >= 4 is 34.2 Å². The van der Waals surface area contributed by atoms with E-state index in [1.807, 2.05) is 42.5 Å². The van der Waals surface area contributed by atoms with E-state index >= 15 is 0 Å². The second kappa shape index (κ2) is 9.03. The molecule has 2 saturated heterocycles. The molecule has 3 amide bonds. The molecule has 2 aliphatic rings. The number of hydrogen-bond donors (Lipinski definition) is 3. The van der Waals surface area contributed by atoms with Gasteiger partial charge in [-0.25, -0.2) is 0 Å². The SMILES string of the molecule is CN[C@@H](C)C(=O)NC1CCO[C@H]2CC[C@@H](C(=O)Nc3cccc4ccccc34)N2C1=O. The molecule has 2 fully saturated rings. The summed E-state index contributed by atoms with van der Waals surface area (Å²) in [7, 11) is 1.69. The molecule has 31 heavy (non-hydrogen) atoms. The molecule has 164 valence electrons. The molecular weight excluding hydrogens is 396 g/mol. The summed E-state index contributed by atoms with van der Waals surface area (Å²) in [5.41, 5.74) is 0.711. The number of ether oxygens (including phenoxy) is 1. The molecule has 2 aromatic carbocycles. The van der Waals surface area contributed by atoms with Crippen LogP contribution in [-0.2, 0) is 19.1 Å². The molecule has 4 atom stereocenters. The van der Waals surface area contributed by atoms with Crippen molar-refractivity contribution in [2.75, 3.05) is 19.0 Å². The number of fused-ring (bicyclic) bond motifs is 2. The third-order valence-corrected chi connectivity index (χ3v) is 6.10. The summed E-state index contributed by atoms with van der Waals surface area (Å²) in [5, 5.41) is 10.6. The van der Waals surface area contributed by atoms with Crippen LogP contribution in [0.4, 0.5) is 5.69 Å². The molecular formula is C23H28N4O4. The second-order valence-corrected chi connectivity index (χ2v) is 8.04. The first-order valence-electron chi connectivity index (χ1n) is 10.7. The fraction of sp³-hybridized carbons (Fsp3) is 0.435. The average molecular weight is 425 g/mol. The van der Waals surface area contributed by atoms with E-state index in [1.165, 1.54) is 4.90 Å². The molecule has 0 radical (unpaired) electrons. The summed E-state index contributed by atoms with van der Waals surface area (Å²) < 4.78 is 5.85. The van der Waals surface area contributed by atoms with E-state index in [4.69, 9.17) is 4.74 Å². The minimum Gasteiger partial charge on any atom is -0.358 e. The maximum Gasteiger partial charge on any atom is 0.247 e. The van der Waals surface area contributed by atoms with Crippen molar-refractivity contribution in [1.82, 2.24) is 15.5 Å². The van der Waals surface area contributed by atoms with Gasteiger partial charge in [-0.3, -0.25) is 14.4 Å². The lowest BCUT2D eigenvalue weighted by molar-refractivity contribution is -0.147. The van der Waals surface area contributed by atoms with Gasteiger partial charge in [0.2, 0.25) is 17.7 Å². The lowest BCUT2D eigenvalue weighted by Crippen LogP contribution is -2.55. The number of carbonyl (C=O) groups is 3. The van der Waals surface area contributed by atoms with Gasteiger partial charge in [0, 0.05) is 17.5 Å². The van der Waals surface area contributed by atoms with Crippen LogP contribution in [-0.4, -0.2) is 60.6 Å². The van der Waals surface area contributed by atoms with Gasteiger partial charge in [0.05, 0.1) is 12.6 Å². The smallest absolute Gasteiger partial charge is 0.247 e. The molecule has 0 bridgehead atoms. The standard InChI is InChI=1S/C23H28N4O4/c1-14(24-2)21(28)26-18-12-13-31-20-11-10-19(27(20)23(18)30)22(29)25-17-9-5-7-15-6-3-4-8-16(15)17/h3-9,14,18-20,24H,10-13H2,1-2H3,(H,25,29)(H,26,28)/t14-,18?,19-,20-/m0/s1. The van der Waals surface area contributed by atoms with Gasteiger partial charge in [-0.2, -0.15) is 0 Å². The van der Waals surface area contributed by atoms with Gasteiger partial charge in [0.25, 0.3) is 0 Å². The number of anilines is 1. The lowest BCUT2D eigenvalue weighted by atomic mass is 10.1. The molecule has 2 aliphatic heterocycles. The molecule has 0 aromatic heterocycles. The van der Waals surface area contributed by atoms with Crippen molar-refractivity contribution in [2.45, 2.75) is 50.5 Å². The van der Waals surface area contributed by atoms with Gasteiger partial charge < -0.3 is 25.6 Å². The molecule has 0 saturated carbocycles. The summed E-state index contributed by atoms with van der Waals surface area (Å²) in [5.74, 6) is -0.767. The van der Waals surface area contributed by atoms with Crippen LogP contribution in [0.5, 0.6) is 0 Å². The van der Waals surface area contributed by atoms with Crippen LogP contribution in [0.2, 0.25) is 0 Å². The molecule has 2 aromatic rings. The Kier molecular flexibility index (Phi) is 6.20. The molecule has 3 N–H and O–H groups in total. The van der Waals surface area contributed by atoms with E-state index in [2.05, 4.69) is 16.0 Å². The van der Waals surface area contributed by atoms with Gasteiger partial charge in [-0.15, -0.1) is 0 Å². The van der Waals surface area contributed by atoms with Crippen LogP contribution in [0.1, 0.15) is 26.2 Å². The summed E-state index contributed by atoms with van der Waals surface area (Å²) in [6.45, 7) is 2.08. The molecule has 8 heteroatoms. The minimum absolute atomic E-state index is 0.244. The van der Waals surface area contributed by atoms with Crippen LogP contribution in [0, 0.1) is 0 Å². The highest BCUT2D eigenvalue weighted by molar-refractivity contribution is 6.05. The van der Waals surface area contributed by atoms with Crippen LogP contribution < -0.4 is 16.0 Å². The maximum absolute atomic E-state index is 13.3. The van der Waals surface area contributed by atoms with E-state index in [-0.39, 0.29) is 17.7 Å². The zero-order chi connectivity index (χ0) is 22.0. The van der Waals surface area contributed by atoms with Crippen LogP contribution in [0.25, 0.3) is 10.8 Å². The Bertz CT molecular complexity index is 989. The van der Waals surface area contributed by atoms with Crippen molar-refractivity contribution in [3.8, 4) is 0 Å². The lowest BCUT2D eigenvalue weighted by Gasteiger charge is -2.30. The highest BCUT2D eigenvalue weighted by Crippen LogP contribution is 2.30. The Balaban J connectivity index is 1.53. The maximum atomic E-state index is 13.3. The second-order valence-electron chi connectivity index (χ2n) is 8.04. The first kappa shape index (κ1) is 21.3. The molecule has 8 nitrogen and oxygen atoms in total. The Morgan fingerprint density at radius 2 is 1.87 bits per heavy atom. The molecule has 0 spiro atoms. The van der Waals surface area contributed by atoms with Crippen LogP contribution in [0.3, 0.4) is 0 Å². The van der Waals surface area contributed by atoms with E-state index in [0.29, 0.717) is 31.6 Å². The normalized spacial score (nSPS) is 24.4. The van der Waals surface area contributed by atoms with E-state index in [9.17, 15) is 14.4 Å². The zero-order valence-corrected chi connectivity index (χ0v) is 17.8. The van der Waals surface area contributed by atoms with Gasteiger partial charge in [0.15, 0.2) is 0 Å². The number of carbonyl (C=O) groups excluding carboxylic acids is 3. The van der Waals surface area contributed by atoms with Gasteiger partial charge in [-0.05, 0) is 38.3 Å².